The van der Waals surface area contributed by atoms with Crippen LogP contribution in [0.2, 0.25) is 0 Å². The number of hydrogen-bond acceptors (Lipinski definition) is 4. The molecule has 2 aliphatic heterocycles. The van der Waals surface area contributed by atoms with Crippen LogP contribution in [0.3, 0.4) is 0 Å². The fraction of sp³-hybridized carbons (Fsp3) is 0.810. The Bertz CT molecular complexity index is 623. The predicted molar refractivity (Wildman–Crippen MR) is 99.4 cm³/mol. The van der Waals surface area contributed by atoms with Crippen molar-refractivity contribution in [2.45, 2.75) is 52.6 Å². The normalized spacial score (nSPS) is 40.5. The number of ether oxygens (including phenoxy) is 1. The van der Waals surface area contributed by atoms with E-state index in [0.717, 1.165) is 39.1 Å². The van der Waals surface area contributed by atoms with Crippen molar-refractivity contribution in [1.82, 2.24) is 9.80 Å². The van der Waals surface area contributed by atoms with Crippen LogP contribution in [0, 0.1) is 23.2 Å². The molecule has 0 radical (unpaired) electrons. The topological polar surface area (TPSA) is 49.9 Å². The van der Waals surface area contributed by atoms with Gasteiger partial charge in [-0.05, 0) is 30.6 Å². The van der Waals surface area contributed by atoms with Crippen LogP contribution in [0.1, 0.15) is 46.5 Å². The molecule has 2 aliphatic carbocycles. The van der Waals surface area contributed by atoms with Crippen molar-refractivity contribution >= 4 is 11.9 Å². The molecule has 4 aliphatic rings. The van der Waals surface area contributed by atoms with Crippen molar-refractivity contribution in [3.63, 3.8) is 0 Å². The summed E-state index contributed by atoms with van der Waals surface area (Å²) in [6, 6.07) is 0. The van der Waals surface area contributed by atoms with Crippen LogP contribution >= 0.6 is 0 Å². The van der Waals surface area contributed by atoms with Gasteiger partial charge in [0.05, 0.1) is 5.92 Å². The Hall–Kier alpha value is -1.36. The first-order chi connectivity index (χ1) is 12.4. The third kappa shape index (κ3) is 3.08. The maximum absolute atomic E-state index is 12.6. The third-order valence-electron chi connectivity index (χ3n) is 7.35. The number of nitrogens with zero attached hydrogens (tertiary/aromatic N) is 2. The molecular weight excluding hydrogens is 328 g/mol. The lowest BCUT2D eigenvalue weighted by molar-refractivity contribution is -0.146. The molecule has 0 aromatic carbocycles. The molecule has 0 aromatic heterocycles. The van der Waals surface area contributed by atoms with E-state index in [4.69, 9.17) is 4.74 Å². The molecule has 5 atom stereocenters. The van der Waals surface area contributed by atoms with Gasteiger partial charge in [-0.1, -0.05) is 31.9 Å². The van der Waals surface area contributed by atoms with E-state index in [1.54, 1.807) is 12.5 Å². The monoisotopic (exact) mass is 360 g/mol. The molecule has 5 heteroatoms. The van der Waals surface area contributed by atoms with E-state index in [1.807, 2.05) is 4.90 Å². The van der Waals surface area contributed by atoms with Gasteiger partial charge in [-0.2, -0.15) is 0 Å². The average Bonchev–Trinajstić information content (AvgIpc) is 2.88. The van der Waals surface area contributed by atoms with Gasteiger partial charge in [0, 0.05) is 45.6 Å². The summed E-state index contributed by atoms with van der Waals surface area (Å²) in [4.78, 5) is 28.4. The highest BCUT2D eigenvalue weighted by molar-refractivity contribution is 5.76. The highest BCUT2D eigenvalue weighted by Gasteiger charge is 2.52. The number of esters is 1. The summed E-state index contributed by atoms with van der Waals surface area (Å²) in [6.07, 6.45) is 7.26. The number of rotatable bonds is 2. The first-order valence-corrected chi connectivity index (χ1v) is 10.3. The summed E-state index contributed by atoms with van der Waals surface area (Å²) in [6.45, 7) is 10.3. The Balaban J connectivity index is 1.48. The van der Waals surface area contributed by atoms with Crippen molar-refractivity contribution in [3.8, 4) is 0 Å². The highest BCUT2D eigenvalue weighted by atomic mass is 16.6. The molecule has 144 valence electrons. The number of piperazine rings is 1. The summed E-state index contributed by atoms with van der Waals surface area (Å²) >= 11 is 0. The van der Waals surface area contributed by atoms with Gasteiger partial charge < -0.3 is 9.64 Å². The predicted octanol–water partition coefficient (Wildman–Crippen LogP) is 2.46. The molecule has 0 N–H and O–H groups in total. The van der Waals surface area contributed by atoms with Crippen molar-refractivity contribution in [3.05, 3.63) is 11.6 Å². The van der Waals surface area contributed by atoms with Crippen molar-refractivity contribution < 1.29 is 14.3 Å². The molecule has 26 heavy (non-hydrogen) atoms. The van der Waals surface area contributed by atoms with Gasteiger partial charge >= 0.3 is 5.97 Å². The van der Waals surface area contributed by atoms with Gasteiger partial charge in [0.15, 0.2) is 0 Å². The lowest BCUT2D eigenvalue weighted by atomic mass is 9.59. The van der Waals surface area contributed by atoms with Crippen molar-refractivity contribution in [1.29, 1.82) is 0 Å². The van der Waals surface area contributed by atoms with E-state index >= 15 is 0 Å². The molecule has 3 fully saturated rings. The van der Waals surface area contributed by atoms with Crippen LogP contribution in [0.25, 0.3) is 0 Å². The minimum atomic E-state index is -0.0462. The molecule has 5 nitrogen and oxygen atoms in total. The van der Waals surface area contributed by atoms with Crippen molar-refractivity contribution in [2.75, 3.05) is 32.7 Å². The number of hydrogen-bond donors (Lipinski definition) is 0. The summed E-state index contributed by atoms with van der Waals surface area (Å²) in [5, 5.41) is 0. The zero-order chi connectivity index (χ0) is 18.5. The van der Waals surface area contributed by atoms with Crippen LogP contribution < -0.4 is 0 Å². The van der Waals surface area contributed by atoms with E-state index in [9.17, 15) is 9.59 Å². The molecular formula is C21H32N2O3. The minimum absolute atomic E-state index is 0.0132. The maximum Gasteiger partial charge on any atom is 0.311 e. The summed E-state index contributed by atoms with van der Waals surface area (Å²) in [5.74, 6) is 0.950. The summed E-state index contributed by atoms with van der Waals surface area (Å²) in [5.41, 5.74) is 1.80. The second-order valence-corrected chi connectivity index (χ2v) is 9.15. The zero-order valence-corrected chi connectivity index (χ0v) is 16.4. The number of carbonyl (C=O) groups excluding carboxylic acids is 2. The Labute approximate surface area is 156 Å². The third-order valence-corrected chi connectivity index (χ3v) is 7.35. The second kappa shape index (κ2) is 6.66. The van der Waals surface area contributed by atoms with Gasteiger partial charge in [-0.3, -0.25) is 14.5 Å². The fourth-order valence-electron chi connectivity index (χ4n) is 5.78. The lowest BCUT2D eigenvalue weighted by Gasteiger charge is -2.46. The van der Waals surface area contributed by atoms with Crippen LogP contribution in [-0.2, 0) is 14.3 Å². The zero-order valence-electron chi connectivity index (χ0n) is 16.4. The molecule has 1 saturated carbocycles. The molecule has 2 heterocycles. The summed E-state index contributed by atoms with van der Waals surface area (Å²) < 4.78 is 5.85. The number of allylic oxidation sites excluding steroid dienone is 1. The standard InChI is InChI=1S/C21H32N2O3/c1-14-5-4-6-21(3)12-19-16(11-18(14)21)17(20(25)26-19)13-22-7-9-23(10-8-22)15(2)24/h11,14,16-17,19H,4-10,12-13H2,1-3H3/t14-,16+,17+,19+,21+/m0/s1. The molecule has 0 aromatic rings. The van der Waals surface area contributed by atoms with Gasteiger partial charge in [0.1, 0.15) is 6.10 Å². The van der Waals surface area contributed by atoms with E-state index in [1.165, 1.54) is 19.3 Å². The van der Waals surface area contributed by atoms with Crippen LogP contribution in [0.4, 0.5) is 0 Å². The Morgan fingerprint density at radius 1 is 1.31 bits per heavy atom. The molecule has 0 spiro atoms. The van der Waals surface area contributed by atoms with E-state index < -0.39 is 0 Å². The van der Waals surface area contributed by atoms with Gasteiger partial charge in [-0.15, -0.1) is 0 Å². The minimum Gasteiger partial charge on any atom is -0.461 e. The number of amides is 1. The van der Waals surface area contributed by atoms with Crippen LogP contribution in [-0.4, -0.2) is 60.5 Å². The van der Waals surface area contributed by atoms with Crippen LogP contribution in [0.15, 0.2) is 11.6 Å². The first-order valence-electron chi connectivity index (χ1n) is 10.3. The molecule has 4 rings (SSSR count). The van der Waals surface area contributed by atoms with E-state index in [2.05, 4.69) is 24.8 Å². The Morgan fingerprint density at radius 2 is 2.04 bits per heavy atom. The molecule has 0 bridgehead atoms. The van der Waals surface area contributed by atoms with Gasteiger partial charge in [-0.25, -0.2) is 0 Å². The molecule has 1 amide bonds. The average molecular weight is 360 g/mol. The SMILES string of the molecule is CC(=O)N1CCN(C[C@H]2C(=O)O[C@@H]3C[C@@]4(C)CCC[C@H](C)C4=C[C@@H]32)CC1. The lowest BCUT2D eigenvalue weighted by Crippen LogP contribution is -2.50. The second-order valence-electron chi connectivity index (χ2n) is 9.15. The maximum atomic E-state index is 12.6. The molecule has 0 unspecified atom stereocenters. The number of carbonyl (C=O) groups is 2. The Morgan fingerprint density at radius 3 is 2.73 bits per heavy atom. The van der Waals surface area contributed by atoms with E-state index in [0.29, 0.717) is 5.92 Å². The largest absolute Gasteiger partial charge is 0.461 e. The molecule has 2 saturated heterocycles. The van der Waals surface area contributed by atoms with Gasteiger partial charge in [0.25, 0.3) is 0 Å². The first kappa shape index (κ1) is 18.0. The summed E-state index contributed by atoms with van der Waals surface area (Å²) in [7, 11) is 0. The number of fused-ring (bicyclic) bond motifs is 2. The van der Waals surface area contributed by atoms with Crippen molar-refractivity contribution in [2.24, 2.45) is 23.2 Å². The fourth-order valence-corrected chi connectivity index (χ4v) is 5.78. The van der Waals surface area contributed by atoms with Crippen LogP contribution in [0.5, 0.6) is 0 Å². The highest BCUT2D eigenvalue weighted by Crippen LogP contribution is 2.53. The quantitative estimate of drug-likeness (QED) is 0.561. The Kier molecular flexibility index (Phi) is 4.62. The smallest absolute Gasteiger partial charge is 0.311 e. The van der Waals surface area contributed by atoms with E-state index in [-0.39, 0.29) is 35.2 Å². The van der Waals surface area contributed by atoms with Gasteiger partial charge in [0.2, 0.25) is 5.91 Å².